The van der Waals surface area contributed by atoms with Crippen molar-refractivity contribution >= 4 is 11.6 Å². The highest BCUT2D eigenvalue weighted by Gasteiger charge is 2.14. The summed E-state index contributed by atoms with van der Waals surface area (Å²) in [5, 5.41) is 6.68. The average Bonchev–Trinajstić information content (AvgIpc) is 2.84. The quantitative estimate of drug-likeness (QED) is 0.883. The summed E-state index contributed by atoms with van der Waals surface area (Å²) in [5.41, 5.74) is 0.565. The zero-order valence-corrected chi connectivity index (χ0v) is 9.30. The Kier molecular flexibility index (Phi) is 3.18. The minimum Gasteiger partial charge on any atom is -0.324 e. The van der Waals surface area contributed by atoms with E-state index in [-0.39, 0.29) is 11.7 Å². The Morgan fingerprint density at radius 2 is 2.12 bits per heavy atom. The Morgan fingerprint density at radius 1 is 1.41 bits per heavy atom. The number of rotatable bonds is 3. The fourth-order valence-electron chi connectivity index (χ4n) is 1.41. The molecule has 1 atom stereocenters. The maximum Gasteiger partial charge on any atom is 0.248 e. The van der Waals surface area contributed by atoms with E-state index in [2.05, 4.69) is 10.4 Å². The largest absolute Gasteiger partial charge is 0.324 e. The Bertz CT molecular complexity index is 493. The summed E-state index contributed by atoms with van der Waals surface area (Å²) in [6, 6.07) is 6.98. The van der Waals surface area contributed by atoms with Crippen LogP contribution in [0.5, 0.6) is 0 Å². The van der Waals surface area contributed by atoms with Crippen LogP contribution in [0, 0.1) is 5.82 Å². The van der Waals surface area contributed by atoms with Crippen molar-refractivity contribution in [3.05, 3.63) is 48.5 Å². The molecule has 0 spiro atoms. The lowest BCUT2D eigenvalue weighted by Crippen LogP contribution is -2.23. The van der Waals surface area contributed by atoms with E-state index in [0.29, 0.717) is 5.69 Å². The van der Waals surface area contributed by atoms with Crippen molar-refractivity contribution in [2.24, 2.45) is 0 Å². The zero-order valence-electron chi connectivity index (χ0n) is 9.30. The van der Waals surface area contributed by atoms with Crippen molar-refractivity contribution in [2.75, 3.05) is 5.32 Å². The van der Waals surface area contributed by atoms with Crippen LogP contribution in [0.25, 0.3) is 0 Å². The Morgan fingerprint density at radius 3 is 2.71 bits per heavy atom. The van der Waals surface area contributed by atoms with E-state index in [0.717, 1.165) is 0 Å². The van der Waals surface area contributed by atoms with Gasteiger partial charge in [0.1, 0.15) is 11.9 Å². The summed E-state index contributed by atoms with van der Waals surface area (Å²) >= 11 is 0. The molecule has 2 aromatic rings. The molecule has 1 N–H and O–H groups in total. The fraction of sp³-hybridized carbons (Fsp3) is 0.167. The molecule has 1 amide bonds. The first kappa shape index (κ1) is 11.3. The second kappa shape index (κ2) is 4.78. The van der Waals surface area contributed by atoms with Crippen LogP contribution in [-0.2, 0) is 4.79 Å². The maximum absolute atomic E-state index is 12.7. The number of hydrogen-bond donors (Lipinski definition) is 1. The molecule has 0 saturated heterocycles. The summed E-state index contributed by atoms with van der Waals surface area (Å²) in [6.45, 7) is 1.74. The predicted octanol–water partition coefficient (Wildman–Crippen LogP) is 2.22. The van der Waals surface area contributed by atoms with Gasteiger partial charge in [0, 0.05) is 18.1 Å². The highest BCUT2D eigenvalue weighted by atomic mass is 19.1. The second-order valence-electron chi connectivity index (χ2n) is 3.66. The molecule has 1 unspecified atom stereocenters. The fourth-order valence-corrected chi connectivity index (χ4v) is 1.41. The van der Waals surface area contributed by atoms with Gasteiger partial charge in [-0.3, -0.25) is 9.48 Å². The smallest absolute Gasteiger partial charge is 0.248 e. The lowest BCUT2D eigenvalue weighted by Gasteiger charge is -2.12. The van der Waals surface area contributed by atoms with Crippen molar-refractivity contribution in [3.8, 4) is 0 Å². The molecule has 0 radical (unpaired) electrons. The minimum absolute atomic E-state index is 0.194. The highest BCUT2D eigenvalue weighted by molar-refractivity contribution is 5.93. The van der Waals surface area contributed by atoms with Crippen molar-refractivity contribution in [2.45, 2.75) is 13.0 Å². The first-order chi connectivity index (χ1) is 8.16. The van der Waals surface area contributed by atoms with Crippen LogP contribution in [0.4, 0.5) is 10.1 Å². The van der Waals surface area contributed by atoms with Gasteiger partial charge in [-0.15, -0.1) is 0 Å². The van der Waals surface area contributed by atoms with Gasteiger partial charge >= 0.3 is 0 Å². The molecule has 0 aliphatic carbocycles. The van der Waals surface area contributed by atoms with Gasteiger partial charge < -0.3 is 5.32 Å². The number of nitrogens with one attached hydrogen (secondary N) is 1. The standard InChI is InChI=1S/C12H12FN3O/c1-9(16-8-2-7-14-16)12(17)15-11-5-3-10(13)4-6-11/h2-9H,1H3,(H,15,17). The molecule has 0 aliphatic heterocycles. The molecule has 1 aromatic carbocycles. The molecular formula is C12H12FN3O. The number of carbonyl (C=O) groups is 1. The number of benzene rings is 1. The summed E-state index contributed by atoms with van der Waals surface area (Å²) in [7, 11) is 0. The van der Waals surface area contributed by atoms with E-state index in [4.69, 9.17) is 0 Å². The van der Waals surface area contributed by atoms with Crippen LogP contribution in [-0.4, -0.2) is 15.7 Å². The number of amides is 1. The van der Waals surface area contributed by atoms with E-state index >= 15 is 0 Å². The third-order valence-electron chi connectivity index (χ3n) is 2.41. The SMILES string of the molecule is CC(C(=O)Nc1ccc(F)cc1)n1cccn1. The van der Waals surface area contributed by atoms with Gasteiger partial charge in [0.05, 0.1) is 0 Å². The van der Waals surface area contributed by atoms with Gasteiger partial charge in [-0.05, 0) is 37.3 Å². The van der Waals surface area contributed by atoms with Gasteiger partial charge in [-0.25, -0.2) is 4.39 Å². The van der Waals surface area contributed by atoms with E-state index in [9.17, 15) is 9.18 Å². The number of anilines is 1. The second-order valence-corrected chi connectivity index (χ2v) is 3.66. The predicted molar refractivity (Wildman–Crippen MR) is 62.0 cm³/mol. The van der Waals surface area contributed by atoms with Crippen molar-refractivity contribution in [1.29, 1.82) is 0 Å². The summed E-state index contributed by atoms with van der Waals surface area (Å²) in [4.78, 5) is 11.8. The van der Waals surface area contributed by atoms with Crippen LogP contribution < -0.4 is 5.32 Å². The molecule has 1 aromatic heterocycles. The molecule has 4 nitrogen and oxygen atoms in total. The monoisotopic (exact) mass is 233 g/mol. The van der Waals surface area contributed by atoms with E-state index < -0.39 is 6.04 Å². The molecule has 0 aliphatic rings. The lowest BCUT2D eigenvalue weighted by atomic mass is 10.2. The molecule has 17 heavy (non-hydrogen) atoms. The number of hydrogen-bond acceptors (Lipinski definition) is 2. The molecular weight excluding hydrogens is 221 g/mol. The Hall–Kier alpha value is -2.17. The average molecular weight is 233 g/mol. The molecule has 88 valence electrons. The van der Waals surface area contributed by atoms with Crippen LogP contribution in [0.1, 0.15) is 13.0 Å². The Labute approximate surface area is 98.1 Å². The van der Waals surface area contributed by atoms with Crippen molar-refractivity contribution in [3.63, 3.8) is 0 Å². The number of halogens is 1. The zero-order chi connectivity index (χ0) is 12.3. The van der Waals surface area contributed by atoms with Crippen molar-refractivity contribution < 1.29 is 9.18 Å². The molecule has 2 rings (SSSR count). The van der Waals surface area contributed by atoms with E-state index in [1.165, 1.54) is 24.3 Å². The Balaban J connectivity index is 2.04. The topological polar surface area (TPSA) is 46.9 Å². The number of aromatic nitrogens is 2. The van der Waals surface area contributed by atoms with Gasteiger partial charge in [0.2, 0.25) is 5.91 Å². The third kappa shape index (κ3) is 2.69. The maximum atomic E-state index is 12.7. The normalized spacial score (nSPS) is 12.1. The van der Waals surface area contributed by atoms with Crippen LogP contribution in [0.3, 0.4) is 0 Å². The van der Waals surface area contributed by atoms with Gasteiger partial charge in [0.25, 0.3) is 0 Å². The minimum atomic E-state index is -0.407. The van der Waals surface area contributed by atoms with E-state index in [1.54, 1.807) is 30.1 Å². The van der Waals surface area contributed by atoms with Crippen LogP contribution in [0.15, 0.2) is 42.7 Å². The first-order valence-corrected chi connectivity index (χ1v) is 5.22. The molecule has 0 saturated carbocycles. The van der Waals surface area contributed by atoms with Gasteiger partial charge in [-0.2, -0.15) is 5.10 Å². The third-order valence-corrected chi connectivity index (χ3v) is 2.41. The lowest BCUT2D eigenvalue weighted by molar-refractivity contribution is -0.119. The molecule has 1 heterocycles. The first-order valence-electron chi connectivity index (χ1n) is 5.22. The van der Waals surface area contributed by atoms with Crippen LogP contribution >= 0.6 is 0 Å². The highest BCUT2D eigenvalue weighted by Crippen LogP contribution is 2.11. The summed E-state index contributed by atoms with van der Waals surface area (Å²) in [5.74, 6) is -0.525. The molecule has 0 fully saturated rings. The van der Waals surface area contributed by atoms with E-state index in [1.807, 2.05) is 0 Å². The van der Waals surface area contributed by atoms with Gasteiger partial charge in [-0.1, -0.05) is 0 Å². The van der Waals surface area contributed by atoms with Crippen LogP contribution in [0.2, 0.25) is 0 Å². The summed E-state index contributed by atoms with van der Waals surface area (Å²) in [6.07, 6.45) is 3.33. The number of nitrogens with zero attached hydrogens (tertiary/aromatic N) is 2. The summed E-state index contributed by atoms with van der Waals surface area (Å²) < 4.78 is 14.2. The van der Waals surface area contributed by atoms with Gasteiger partial charge in [0.15, 0.2) is 0 Å². The number of carbonyl (C=O) groups excluding carboxylic acids is 1. The molecule has 5 heteroatoms. The van der Waals surface area contributed by atoms with Crippen molar-refractivity contribution in [1.82, 2.24) is 9.78 Å². The molecule has 0 bridgehead atoms.